The fourth-order valence-corrected chi connectivity index (χ4v) is 2.31. The van der Waals surface area contributed by atoms with Crippen molar-refractivity contribution >= 4 is 17.6 Å². The van der Waals surface area contributed by atoms with Crippen LogP contribution in [0.5, 0.6) is 5.75 Å². The maximum absolute atomic E-state index is 5.38. The van der Waals surface area contributed by atoms with Gasteiger partial charge in [0, 0.05) is 5.56 Å². The van der Waals surface area contributed by atoms with Crippen LogP contribution in [-0.2, 0) is 0 Å². The Morgan fingerprint density at radius 3 is 1.83 bits per heavy atom. The monoisotopic (exact) mass is 302 g/mol. The van der Waals surface area contributed by atoms with Gasteiger partial charge in [-0.2, -0.15) is 5.10 Å². The Hall–Kier alpha value is -3.07. The quantitative estimate of drug-likeness (QED) is 0.496. The van der Waals surface area contributed by atoms with Gasteiger partial charge in [-0.25, -0.2) is 5.01 Å². The van der Waals surface area contributed by atoms with Crippen molar-refractivity contribution in [2.75, 3.05) is 12.1 Å². The van der Waals surface area contributed by atoms with E-state index >= 15 is 0 Å². The van der Waals surface area contributed by atoms with Gasteiger partial charge in [0.15, 0.2) is 0 Å². The maximum atomic E-state index is 5.38. The summed E-state index contributed by atoms with van der Waals surface area (Å²) < 4.78 is 5.38. The van der Waals surface area contributed by atoms with Crippen LogP contribution in [0.15, 0.2) is 90.0 Å². The molecule has 0 fully saturated rings. The summed E-state index contributed by atoms with van der Waals surface area (Å²) in [6.45, 7) is 0. The molecule has 0 saturated heterocycles. The Morgan fingerprint density at radius 2 is 1.26 bits per heavy atom. The minimum atomic E-state index is 0.803. The molecule has 3 heteroatoms. The summed E-state index contributed by atoms with van der Waals surface area (Å²) >= 11 is 0. The first-order valence-electron chi connectivity index (χ1n) is 7.46. The van der Waals surface area contributed by atoms with E-state index in [0.29, 0.717) is 0 Å². The average Bonchev–Trinajstić information content (AvgIpc) is 2.64. The molecule has 3 rings (SSSR count). The van der Waals surface area contributed by atoms with Crippen molar-refractivity contribution in [3.05, 3.63) is 90.5 Å². The van der Waals surface area contributed by atoms with Crippen molar-refractivity contribution < 1.29 is 4.74 Å². The molecule has 0 aliphatic carbocycles. The van der Waals surface area contributed by atoms with Crippen molar-refractivity contribution in [2.45, 2.75) is 0 Å². The van der Waals surface area contributed by atoms with E-state index in [9.17, 15) is 0 Å². The predicted molar refractivity (Wildman–Crippen MR) is 95.6 cm³/mol. The Labute approximate surface area is 136 Å². The Kier molecular flexibility index (Phi) is 4.69. The second kappa shape index (κ2) is 7.27. The number of hydrogen-bond donors (Lipinski definition) is 0. The van der Waals surface area contributed by atoms with E-state index < -0.39 is 0 Å². The molecule has 23 heavy (non-hydrogen) atoms. The fraction of sp³-hybridized carbons (Fsp3) is 0.0500. The first kappa shape index (κ1) is 14.9. The van der Waals surface area contributed by atoms with E-state index in [1.54, 1.807) is 7.11 Å². The SMILES string of the molecule is COc1ccccc1C=NN(c1ccccc1)c1ccccc1. The maximum Gasteiger partial charge on any atom is 0.127 e. The zero-order chi connectivity index (χ0) is 15.9. The second-order valence-electron chi connectivity index (χ2n) is 4.97. The minimum Gasteiger partial charge on any atom is -0.496 e. The van der Waals surface area contributed by atoms with Crippen molar-refractivity contribution in [2.24, 2.45) is 5.10 Å². The number of para-hydroxylation sites is 3. The van der Waals surface area contributed by atoms with Crippen LogP contribution in [0.2, 0.25) is 0 Å². The highest BCUT2D eigenvalue weighted by atomic mass is 16.5. The molecule has 3 aromatic carbocycles. The van der Waals surface area contributed by atoms with Crippen molar-refractivity contribution in [3.8, 4) is 5.75 Å². The number of benzene rings is 3. The first-order valence-corrected chi connectivity index (χ1v) is 7.46. The van der Waals surface area contributed by atoms with E-state index in [-0.39, 0.29) is 0 Å². The lowest BCUT2D eigenvalue weighted by Gasteiger charge is -2.19. The Morgan fingerprint density at radius 1 is 0.739 bits per heavy atom. The van der Waals surface area contributed by atoms with Crippen LogP contribution in [0, 0.1) is 0 Å². The van der Waals surface area contributed by atoms with E-state index in [1.165, 1.54) is 0 Å². The van der Waals surface area contributed by atoms with Gasteiger partial charge in [0.1, 0.15) is 5.75 Å². The van der Waals surface area contributed by atoms with Gasteiger partial charge >= 0.3 is 0 Å². The lowest BCUT2D eigenvalue weighted by Crippen LogP contribution is -2.09. The summed E-state index contributed by atoms with van der Waals surface area (Å²) in [5, 5.41) is 6.58. The van der Waals surface area contributed by atoms with Gasteiger partial charge in [-0.3, -0.25) is 0 Å². The fourth-order valence-electron chi connectivity index (χ4n) is 2.31. The molecule has 0 aliphatic rings. The molecule has 3 nitrogen and oxygen atoms in total. The number of hydrogen-bond acceptors (Lipinski definition) is 3. The molecule has 0 N–H and O–H groups in total. The zero-order valence-corrected chi connectivity index (χ0v) is 13.0. The molecule has 0 aliphatic heterocycles. The standard InChI is InChI=1S/C20H18N2O/c1-23-20-15-9-8-10-17(20)16-21-22(18-11-4-2-5-12-18)19-13-6-3-7-14-19/h2-16H,1H3. The van der Waals surface area contributed by atoms with Crippen molar-refractivity contribution in [1.29, 1.82) is 0 Å². The van der Waals surface area contributed by atoms with Gasteiger partial charge in [-0.05, 0) is 36.4 Å². The smallest absolute Gasteiger partial charge is 0.127 e. The molecule has 0 saturated carbocycles. The second-order valence-corrected chi connectivity index (χ2v) is 4.97. The summed E-state index contributed by atoms with van der Waals surface area (Å²) in [5.41, 5.74) is 2.95. The Balaban J connectivity index is 1.98. The highest BCUT2D eigenvalue weighted by Gasteiger charge is 2.07. The molecule has 0 radical (unpaired) electrons. The van der Waals surface area contributed by atoms with Gasteiger partial charge in [0.25, 0.3) is 0 Å². The van der Waals surface area contributed by atoms with Crippen molar-refractivity contribution in [1.82, 2.24) is 0 Å². The molecular weight excluding hydrogens is 284 g/mol. The number of hydrazone groups is 1. The lowest BCUT2D eigenvalue weighted by atomic mass is 10.2. The van der Waals surface area contributed by atoms with Gasteiger partial charge in [-0.15, -0.1) is 0 Å². The highest BCUT2D eigenvalue weighted by molar-refractivity contribution is 5.85. The van der Waals surface area contributed by atoms with Crippen LogP contribution in [0.25, 0.3) is 0 Å². The minimum absolute atomic E-state index is 0.803. The lowest BCUT2D eigenvalue weighted by molar-refractivity contribution is 0.414. The molecule has 3 aromatic rings. The number of methoxy groups -OCH3 is 1. The molecule has 114 valence electrons. The van der Waals surface area contributed by atoms with Crippen LogP contribution >= 0.6 is 0 Å². The van der Waals surface area contributed by atoms with Crippen LogP contribution in [-0.4, -0.2) is 13.3 Å². The third-order valence-corrected chi connectivity index (χ3v) is 3.45. The van der Waals surface area contributed by atoms with Crippen molar-refractivity contribution in [3.63, 3.8) is 0 Å². The topological polar surface area (TPSA) is 24.8 Å². The molecule has 0 unspecified atom stereocenters. The predicted octanol–water partition coefficient (Wildman–Crippen LogP) is 4.87. The first-order chi connectivity index (χ1) is 11.4. The van der Waals surface area contributed by atoms with Crippen LogP contribution in [0.4, 0.5) is 11.4 Å². The molecular formula is C20H18N2O. The molecule has 0 atom stereocenters. The summed E-state index contributed by atoms with van der Waals surface area (Å²) in [5.74, 6) is 0.803. The van der Waals surface area contributed by atoms with Gasteiger partial charge in [0.2, 0.25) is 0 Å². The largest absolute Gasteiger partial charge is 0.496 e. The number of rotatable bonds is 5. The van der Waals surface area contributed by atoms with Gasteiger partial charge in [-0.1, -0.05) is 48.5 Å². The Bertz CT molecular complexity index is 730. The molecule has 0 heterocycles. The summed E-state index contributed by atoms with van der Waals surface area (Å²) in [4.78, 5) is 0. The van der Waals surface area contributed by atoms with Gasteiger partial charge < -0.3 is 4.74 Å². The summed E-state index contributed by atoms with van der Waals surface area (Å²) in [7, 11) is 1.67. The molecule has 0 bridgehead atoms. The average molecular weight is 302 g/mol. The molecule has 0 spiro atoms. The number of nitrogens with zero attached hydrogens (tertiary/aromatic N) is 2. The third-order valence-electron chi connectivity index (χ3n) is 3.45. The normalized spacial score (nSPS) is 10.7. The number of ether oxygens (including phenoxy) is 1. The molecule has 0 aromatic heterocycles. The third kappa shape index (κ3) is 3.58. The molecule has 0 amide bonds. The number of anilines is 2. The van der Waals surface area contributed by atoms with Crippen LogP contribution < -0.4 is 9.75 Å². The van der Waals surface area contributed by atoms with Gasteiger partial charge in [0.05, 0.1) is 24.7 Å². The summed E-state index contributed by atoms with van der Waals surface area (Å²) in [6.07, 6.45) is 1.82. The van der Waals surface area contributed by atoms with E-state index in [1.807, 2.05) is 96.2 Å². The van der Waals surface area contributed by atoms with Crippen LogP contribution in [0.1, 0.15) is 5.56 Å². The highest BCUT2D eigenvalue weighted by Crippen LogP contribution is 2.25. The van der Waals surface area contributed by atoms with E-state index in [0.717, 1.165) is 22.7 Å². The van der Waals surface area contributed by atoms with Crippen LogP contribution in [0.3, 0.4) is 0 Å². The van der Waals surface area contributed by atoms with E-state index in [2.05, 4.69) is 5.10 Å². The van der Waals surface area contributed by atoms with E-state index in [4.69, 9.17) is 4.74 Å². The summed E-state index contributed by atoms with van der Waals surface area (Å²) in [6, 6.07) is 28.0. The zero-order valence-electron chi connectivity index (χ0n) is 13.0.